The van der Waals surface area contributed by atoms with Crippen LogP contribution in [0.15, 0.2) is 71.9 Å². The highest BCUT2D eigenvalue weighted by Gasteiger charge is 2.23. The van der Waals surface area contributed by atoms with Crippen molar-refractivity contribution in [1.29, 1.82) is 0 Å². The lowest BCUT2D eigenvalue weighted by molar-refractivity contribution is 0.174. The lowest BCUT2D eigenvalue weighted by Crippen LogP contribution is -2.43. The third-order valence-electron chi connectivity index (χ3n) is 4.85. The van der Waals surface area contributed by atoms with Crippen LogP contribution < -0.4 is 19.7 Å². The maximum Gasteiger partial charge on any atom is 0.231 e. The van der Waals surface area contributed by atoms with Gasteiger partial charge >= 0.3 is 0 Å². The number of aromatic nitrogens is 1. The minimum Gasteiger partial charge on any atom is -0.454 e. The van der Waals surface area contributed by atoms with Gasteiger partial charge < -0.3 is 14.8 Å². The van der Waals surface area contributed by atoms with Gasteiger partial charge in [0, 0.05) is 18.3 Å². The van der Waals surface area contributed by atoms with Crippen molar-refractivity contribution in [2.24, 2.45) is 4.99 Å². The highest BCUT2D eigenvalue weighted by Crippen LogP contribution is 2.33. The molecule has 0 spiro atoms. The summed E-state index contributed by atoms with van der Waals surface area (Å²) in [6.45, 7) is 2.25. The first-order valence-electron chi connectivity index (χ1n) is 9.29. The fourth-order valence-corrected chi connectivity index (χ4v) is 3.44. The smallest absolute Gasteiger partial charge is 0.231 e. The standard InChI is InChI=1S/C22H20N4O2/c1-2-5-16(6-3-1)12-24-22-25-13-18-7-4-10-23-21(18)26(22)14-17-8-9-19-20(11-17)28-15-27-19/h1-11H,12-15H2,(H,24,25). The van der Waals surface area contributed by atoms with E-state index >= 15 is 0 Å². The molecule has 2 aromatic carbocycles. The summed E-state index contributed by atoms with van der Waals surface area (Å²) in [6, 6.07) is 20.4. The van der Waals surface area contributed by atoms with Crippen LogP contribution in [0.25, 0.3) is 0 Å². The number of hydrogen-bond donors (Lipinski definition) is 1. The van der Waals surface area contributed by atoms with Crippen molar-refractivity contribution in [1.82, 2.24) is 10.3 Å². The van der Waals surface area contributed by atoms with Crippen molar-refractivity contribution in [2.75, 3.05) is 11.7 Å². The van der Waals surface area contributed by atoms with Crippen molar-refractivity contribution in [3.05, 3.63) is 83.6 Å². The minimum atomic E-state index is 0.276. The van der Waals surface area contributed by atoms with Crippen LogP contribution in [-0.2, 0) is 19.6 Å². The second-order valence-electron chi connectivity index (χ2n) is 6.74. The number of nitrogens with one attached hydrogen (secondary N) is 1. The van der Waals surface area contributed by atoms with E-state index in [9.17, 15) is 0 Å². The van der Waals surface area contributed by atoms with Gasteiger partial charge in [-0.15, -0.1) is 0 Å². The molecule has 5 rings (SSSR count). The fourth-order valence-electron chi connectivity index (χ4n) is 3.44. The maximum atomic E-state index is 5.53. The van der Waals surface area contributed by atoms with Crippen LogP contribution in [0.5, 0.6) is 11.5 Å². The Morgan fingerprint density at radius 1 is 0.929 bits per heavy atom. The molecule has 0 aliphatic carbocycles. The predicted molar refractivity (Wildman–Crippen MR) is 107 cm³/mol. The second kappa shape index (κ2) is 7.23. The third-order valence-corrected chi connectivity index (χ3v) is 4.85. The van der Waals surface area contributed by atoms with Gasteiger partial charge in [0.1, 0.15) is 5.82 Å². The molecule has 0 bridgehead atoms. The van der Waals surface area contributed by atoms with E-state index in [0.29, 0.717) is 19.6 Å². The number of fused-ring (bicyclic) bond motifs is 2. The first-order valence-corrected chi connectivity index (χ1v) is 9.29. The Labute approximate surface area is 163 Å². The molecule has 0 unspecified atom stereocenters. The van der Waals surface area contributed by atoms with Gasteiger partial charge in [-0.2, -0.15) is 0 Å². The highest BCUT2D eigenvalue weighted by atomic mass is 16.7. The van der Waals surface area contributed by atoms with Gasteiger partial charge in [-0.3, -0.25) is 4.90 Å². The molecule has 28 heavy (non-hydrogen) atoms. The van der Waals surface area contributed by atoms with Crippen molar-refractivity contribution in [2.45, 2.75) is 19.6 Å². The van der Waals surface area contributed by atoms with Crippen LogP contribution in [0.4, 0.5) is 5.82 Å². The average molecular weight is 372 g/mol. The van der Waals surface area contributed by atoms with E-state index < -0.39 is 0 Å². The molecule has 3 aromatic rings. The molecule has 0 atom stereocenters. The van der Waals surface area contributed by atoms with Gasteiger partial charge in [0.15, 0.2) is 11.5 Å². The summed E-state index contributed by atoms with van der Waals surface area (Å²) in [6.07, 6.45) is 1.83. The summed E-state index contributed by atoms with van der Waals surface area (Å²) < 4.78 is 11.0. The van der Waals surface area contributed by atoms with E-state index in [0.717, 1.165) is 34.4 Å². The van der Waals surface area contributed by atoms with Crippen LogP contribution >= 0.6 is 0 Å². The normalized spacial score (nSPS) is 14.4. The number of rotatable bonds is 4. The highest BCUT2D eigenvalue weighted by molar-refractivity contribution is 5.97. The topological polar surface area (TPSA) is 59.0 Å². The Bertz CT molecular complexity index is 1020. The van der Waals surface area contributed by atoms with Crippen LogP contribution in [0.2, 0.25) is 0 Å². The lowest BCUT2D eigenvalue weighted by Gasteiger charge is -2.30. The Morgan fingerprint density at radius 3 is 2.75 bits per heavy atom. The van der Waals surface area contributed by atoms with Gasteiger partial charge in [-0.25, -0.2) is 9.98 Å². The van der Waals surface area contributed by atoms with Crippen molar-refractivity contribution in [3.63, 3.8) is 0 Å². The fraction of sp³-hybridized carbons (Fsp3) is 0.182. The van der Waals surface area contributed by atoms with Gasteiger partial charge in [-0.05, 0) is 29.3 Å². The van der Waals surface area contributed by atoms with E-state index in [1.807, 2.05) is 42.6 Å². The van der Waals surface area contributed by atoms with Crippen LogP contribution in [0, 0.1) is 0 Å². The lowest BCUT2D eigenvalue weighted by atomic mass is 10.1. The second-order valence-corrected chi connectivity index (χ2v) is 6.74. The van der Waals surface area contributed by atoms with E-state index in [1.54, 1.807) is 0 Å². The SMILES string of the molecule is c1ccc(CNC2=NCc3cccnc3N2Cc2ccc3c(c2)OCO3)cc1. The van der Waals surface area contributed by atoms with E-state index in [-0.39, 0.29) is 6.79 Å². The largest absolute Gasteiger partial charge is 0.454 e. The average Bonchev–Trinajstić information content (AvgIpc) is 3.22. The molecule has 0 saturated carbocycles. The molecule has 2 aliphatic heterocycles. The number of ether oxygens (including phenoxy) is 2. The monoisotopic (exact) mass is 372 g/mol. The molecular formula is C22H20N4O2. The predicted octanol–water partition coefficient (Wildman–Crippen LogP) is 3.48. The van der Waals surface area contributed by atoms with Gasteiger partial charge in [0.2, 0.25) is 12.8 Å². The Morgan fingerprint density at radius 2 is 1.82 bits per heavy atom. The molecule has 3 heterocycles. The Balaban J connectivity index is 1.42. The zero-order valence-corrected chi connectivity index (χ0v) is 15.3. The molecular weight excluding hydrogens is 352 g/mol. The number of guanidine groups is 1. The zero-order chi connectivity index (χ0) is 18.8. The molecule has 1 N–H and O–H groups in total. The first-order chi connectivity index (χ1) is 13.9. The molecule has 0 radical (unpaired) electrons. The van der Waals surface area contributed by atoms with E-state index in [2.05, 4.69) is 39.5 Å². The number of nitrogens with zero attached hydrogens (tertiary/aromatic N) is 3. The molecule has 6 heteroatoms. The Kier molecular flexibility index (Phi) is 4.29. The number of benzene rings is 2. The van der Waals surface area contributed by atoms with Gasteiger partial charge in [-0.1, -0.05) is 42.5 Å². The summed E-state index contributed by atoms with van der Waals surface area (Å²) in [5.41, 5.74) is 3.44. The zero-order valence-electron chi connectivity index (χ0n) is 15.3. The van der Waals surface area contributed by atoms with Crippen LogP contribution in [0.3, 0.4) is 0 Å². The quantitative estimate of drug-likeness (QED) is 0.760. The third kappa shape index (κ3) is 3.24. The van der Waals surface area contributed by atoms with Crippen molar-refractivity contribution >= 4 is 11.8 Å². The number of hydrogen-bond acceptors (Lipinski definition) is 6. The number of aliphatic imine (C=N–C) groups is 1. The summed E-state index contributed by atoms with van der Waals surface area (Å²) in [7, 11) is 0. The molecule has 6 nitrogen and oxygen atoms in total. The Hall–Kier alpha value is -3.54. The van der Waals surface area contributed by atoms with Gasteiger partial charge in [0.25, 0.3) is 0 Å². The molecule has 0 fully saturated rings. The molecule has 0 amide bonds. The van der Waals surface area contributed by atoms with Crippen molar-refractivity contribution in [3.8, 4) is 11.5 Å². The summed E-state index contributed by atoms with van der Waals surface area (Å²) in [5, 5.41) is 3.48. The van der Waals surface area contributed by atoms with Crippen LogP contribution in [0.1, 0.15) is 16.7 Å². The maximum absolute atomic E-state index is 5.53. The summed E-state index contributed by atoms with van der Waals surface area (Å²) in [4.78, 5) is 11.5. The van der Waals surface area contributed by atoms with E-state index in [4.69, 9.17) is 14.5 Å². The van der Waals surface area contributed by atoms with Crippen LogP contribution in [-0.4, -0.2) is 17.7 Å². The molecule has 2 aliphatic rings. The molecule has 0 saturated heterocycles. The number of pyridine rings is 1. The van der Waals surface area contributed by atoms with E-state index in [1.165, 1.54) is 5.56 Å². The number of anilines is 1. The van der Waals surface area contributed by atoms with Gasteiger partial charge in [0.05, 0.1) is 13.1 Å². The molecule has 140 valence electrons. The summed E-state index contributed by atoms with van der Waals surface area (Å²) >= 11 is 0. The van der Waals surface area contributed by atoms with Crippen molar-refractivity contribution < 1.29 is 9.47 Å². The minimum absolute atomic E-state index is 0.276. The summed E-state index contributed by atoms with van der Waals surface area (Å²) in [5.74, 6) is 3.34. The molecule has 1 aromatic heterocycles. The first kappa shape index (κ1) is 16.6.